The number of Topliss-reactive ketones (excluding diaryl/α,β-unsaturated/α-hetero) is 1. The van der Waals surface area contributed by atoms with Crippen LogP contribution in [0, 0.1) is 13.8 Å². The van der Waals surface area contributed by atoms with E-state index in [0.717, 1.165) is 22.4 Å². The van der Waals surface area contributed by atoms with E-state index in [-0.39, 0.29) is 17.4 Å². The van der Waals surface area contributed by atoms with Gasteiger partial charge >= 0.3 is 5.97 Å². The summed E-state index contributed by atoms with van der Waals surface area (Å²) in [5.74, 6) is -1.11. The maximum Gasteiger partial charge on any atom is 0.308 e. The number of esters is 1. The Labute approximate surface area is 214 Å². The summed E-state index contributed by atoms with van der Waals surface area (Å²) in [4.78, 5) is 39.7. The van der Waals surface area contributed by atoms with E-state index < -0.39 is 23.7 Å². The maximum absolute atomic E-state index is 13.5. The molecule has 2 unspecified atom stereocenters. The first-order chi connectivity index (χ1) is 17.6. The van der Waals surface area contributed by atoms with Gasteiger partial charge in [-0.15, -0.1) is 0 Å². The first-order valence-electron chi connectivity index (χ1n) is 12.1. The molecule has 5 rings (SSSR count). The second-order valence-corrected chi connectivity index (χ2v) is 9.63. The first-order valence-corrected chi connectivity index (χ1v) is 12.1. The van der Waals surface area contributed by atoms with Crippen molar-refractivity contribution in [3.63, 3.8) is 0 Å². The second kappa shape index (κ2) is 9.24. The van der Waals surface area contributed by atoms with Crippen LogP contribution in [0.2, 0.25) is 0 Å². The predicted molar refractivity (Wildman–Crippen MR) is 139 cm³/mol. The molecule has 7 heteroatoms. The van der Waals surface area contributed by atoms with E-state index in [0.29, 0.717) is 29.0 Å². The zero-order chi connectivity index (χ0) is 26.4. The van der Waals surface area contributed by atoms with Gasteiger partial charge in [0.05, 0.1) is 11.6 Å². The molecule has 0 aromatic heterocycles. The van der Waals surface area contributed by atoms with E-state index in [1.54, 1.807) is 42.5 Å². The largest absolute Gasteiger partial charge is 0.507 e. The maximum atomic E-state index is 13.5. The standard InChI is InChI=1S/C30H27NO6/c1-16-11-17(2)13-23(12-16)31-27(20-5-8-24(9-6-20)37-19(4)32)26(29(34)30(31)35)28(33)21-7-10-25-22(15-21)14-18(3)36-25/h5-13,15,18,27,33H,14H2,1-4H3/b28-26-. The first kappa shape index (κ1) is 24.3. The Bertz CT molecular complexity index is 1450. The molecule has 2 atom stereocenters. The number of rotatable bonds is 4. The summed E-state index contributed by atoms with van der Waals surface area (Å²) in [5.41, 5.74) is 4.40. The highest BCUT2D eigenvalue weighted by atomic mass is 16.5. The monoisotopic (exact) mass is 497 g/mol. The summed E-state index contributed by atoms with van der Waals surface area (Å²) >= 11 is 0. The number of benzene rings is 3. The molecule has 188 valence electrons. The van der Waals surface area contributed by atoms with Crippen LogP contribution in [0.4, 0.5) is 5.69 Å². The van der Waals surface area contributed by atoms with E-state index in [2.05, 4.69) is 0 Å². The van der Waals surface area contributed by atoms with Gasteiger partial charge in [-0.3, -0.25) is 19.3 Å². The van der Waals surface area contributed by atoms with Gasteiger partial charge in [-0.25, -0.2) is 0 Å². The van der Waals surface area contributed by atoms with E-state index in [4.69, 9.17) is 9.47 Å². The van der Waals surface area contributed by atoms with Crippen molar-refractivity contribution in [2.75, 3.05) is 4.90 Å². The van der Waals surface area contributed by atoms with Gasteiger partial charge in [-0.2, -0.15) is 0 Å². The number of carbonyl (C=O) groups is 3. The highest BCUT2D eigenvalue weighted by Crippen LogP contribution is 2.43. The van der Waals surface area contributed by atoms with Crippen LogP contribution in [-0.2, 0) is 20.8 Å². The minimum Gasteiger partial charge on any atom is -0.507 e. The normalized spacial score (nSPS) is 20.1. The van der Waals surface area contributed by atoms with E-state index >= 15 is 0 Å². The number of hydrogen-bond donors (Lipinski definition) is 1. The molecule has 0 aliphatic carbocycles. The SMILES string of the molecule is CC(=O)Oc1ccc(C2/C(=C(/O)c3ccc4c(c3)CC(C)O4)C(=O)C(=O)N2c2cc(C)cc(C)c2)cc1. The predicted octanol–water partition coefficient (Wildman–Crippen LogP) is 5.18. The summed E-state index contributed by atoms with van der Waals surface area (Å²) in [6, 6.07) is 16.6. The highest BCUT2D eigenvalue weighted by molar-refractivity contribution is 6.51. The molecule has 3 aromatic rings. The van der Waals surface area contributed by atoms with Crippen molar-refractivity contribution in [2.45, 2.75) is 46.3 Å². The lowest BCUT2D eigenvalue weighted by Crippen LogP contribution is -2.29. The molecule has 2 heterocycles. The quantitative estimate of drug-likeness (QED) is 0.176. The Balaban J connectivity index is 1.67. The molecule has 2 aliphatic heterocycles. The number of aliphatic hydroxyl groups excluding tert-OH is 1. The van der Waals surface area contributed by atoms with Crippen molar-refractivity contribution in [3.8, 4) is 11.5 Å². The summed E-state index contributed by atoms with van der Waals surface area (Å²) < 4.78 is 10.9. The van der Waals surface area contributed by atoms with Gasteiger partial charge in [0.1, 0.15) is 23.4 Å². The van der Waals surface area contributed by atoms with Crippen LogP contribution in [-0.4, -0.2) is 28.9 Å². The van der Waals surface area contributed by atoms with Crippen LogP contribution in [0.1, 0.15) is 47.7 Å². The molecule has 0 spiro atoms. The van der Waals surface area contributed by atoms with Crippen molar-refractivity contribution in [3.05, 3.63) is 94.1 Å². The summed E-state index contributed by atoms with van der Waals surface area (Å²) in [6.45, 7) is 7.12. The zero-order valence-corrected chi connectivity index (χ0v) is 21.1. The van der Waals surface area contributed by atoms with Gasteiger partial charge in [0.2, 0.25) is 0 Å². The minimum absolute atomic E-state index is 0.00342. The number of fused-ring (bicyclic) bond motifs is 1. The highest BCUT2D eigenvalue weighted by Gasteiger charge is 2.47. The molecular weight excluding hydrogens is 470 g/mol. The van der Waals surface area contributed by atoms with E-state index in [9.17, 15) is 19.5 Å². The molecule has 1 saturated heterocycles. The topological polar surface area (TPSA) is 93.1 Å². The zero-order valence-electron chi connectivity index (χ0n) is 21.1. The number of nitrogens with zero attached hydrogens (tertiary/aromatic N) is 1. The summed E-state index contributed by atoms with van der Waals surface area (Å²) in [6.07, 6.45) is 0.715. The van der Waals surface area contributed by atoms with Gasteiger partial charge < -0.3 is 14.6 Å². The van der Waals surface area contributed by atoms with Crippen LogP contribution in [0.25, 0.3) is 5.76 Å². The number of amides is 1. The van der Waals surface area contributed by atoms with Crippen LogP contribution < -0.4 is 14.4 Å². The fourth-order valence-corrected chi connectivity index (χ4v) is 5.11. The van der Waals surface area contributed by atoms with E-state index in [1.807, 2.05) is 39.0 Å². The van der Waals surface area contributed by atoms with Gasteiger partial charge in [-0.05, 0) is 85.5 Å². The number of hydrogen-bond acceptors (Lipinski definition) is 6. The number of anilines is 1. The molecule has 0 saturated carbocycles. The van der Waals surface area contributed by atoms with Crippen molar-refractivity contribution >= 4 is 29.1 Å². The molecular formula is C30H27NO6. The Morgan fingerprint density at radius 2 is 1.68 bits per heavy atom. The summed E-state index contributed by atoms with van der Waals surface area (Å²) in [7, 11) is 0. The lowest BCUT2D eigenvalue weighted by Gasteiger charge is -2.26. The van der Waals surface area contributed by atoms with Crippen molar-refractivity contribution in [1.29, 1.82) is 0 Å². The molecule has 2 aliphatic rings. The lowest BCUT2D eigenvalue weighted by atomic mass is 9.94. The second-order valence-electron chi connectivity index (χ2n) is 9.63. The third kappa shape index (κ3) is 4.48. The van der Waals surface area contributed by atoms with E-state index in [1.165, 1.54) is 11.8 Å². The number of carbonyl (C=O) groups excluding carboxylic acids is 3. The number of aryl methyl sites for hydroxylation is 2. The smallest absolute Gasteiger partial charge is 0.308 e. The molecule has 7 nitrogen and oxygen atoms in total. The number of ether oxygens (including phenoxy) is 2. The molecule has 37 heavy (non-hydrogen) atoms. The lowest BCUT2D eigenvalue weighted by molar-refractivity contribution is -0.132. The molecule has 1 N–H and O–H groups in total. The van der Waals surface area contributed by atoms with Crippen LogP contribution in [0.5, 0.6) is 11.5 Å². The minimum atomic E-state index is -0.879. The van der Waals surface area contributed by atoms with Gasteiger partial charge in [0.15, 0.2) is 0 Å². The third-order valence-corrected chi connectivity index (χ3v) is 6.56. The van der Waals surface area contributed by atoms with Gasteiger partial charge in [-0.1, -0.05) is 18.2 Å². The van der Waals surface area contributed by atoms with Crippen LogP contribution >= 0.6 is 0 Å². The Morgan fingerprint density at radius 3 is 2.32 bits per heavy atom. The fraction of sp³-hybridized carbons (Fsp3) is 0.233. The van der Waals surface area contributed by atoms with Crippen molar-refractivity contribution in [1.82, 2.24) is 0 Å². The molecule has 1 amide bonds. The Kier molecular flexibility index (Phi) is 6.07. The molecule has 0 radical (unpaired) electrons. The summed E-state index contributed by atoms with van der Waals surface area (Å²) in [5, 5.41) is 11.5. The third-order valence-electron chi connectivity index (χ3n) is 6.56. The number of ketones is 1. The van der Waals surface area contributed by atoms with Gasteiger partial charge in [0, 0.05) is 24.6 Å². The Morgan fingerprint density at radius 1 is 1.00 bits per heavy atom. The molecule has 1 fully saturated rings. The van der Waals surface area contributed by atoms with Crippen molar-refractivity contribution < 1.29 is 29.0 Å². The fourth-order valence-electron chi connectivity index (χ4n) is 5.11. The molecule has 0 bridgehead atoms. The molecule has 3 aromatic carbocycles. The van der Waals surface area contributed by atoms with Gasteiger partial charge in [0.25, 0.3) is 11.7 Å². The van der Waals surface area contributed by atoms with Crippen molar-refractivity contribution in [2.24, 2.45) is 0 Å². The number of aliphatic hydroxyl groups is 1. The average molecular weight is 498 g/mol. The van der Waals surface area contributed by atoms with Crippen LogP contribution in [0.3, 0.4) is 0 Å². The Hall–Kier alpha value is -4.39. The average Bonchev–Trinajstić information content (AvgIpc) is 3.33. The van der Waals surface area contributed by atoms with Crippen LogP contribution in [0.15, 0.2) is 66.2 Å².